The van der Waals surface area contributed by atoms with Crippen molar-refractivity contribution in [2.45, 2.75) is 143 Å². The Morgan fingerprint density at radius 1 is 0.688 bits per heavy atom. The Kier molecular flexibility index (Phi) is 5.17. The second-order valence-electron chi connectivity index (χ2n) is 15.3. The highest BCUT2D eigenvalue weighted by molar-refractivity contribution is 5.18. The van der Waals surface area contributed by atoms with Gasteiger partial charge in [-0.3, -0.25) is 0 Å². The molecule has 9 atom stereocenters. The van der Waals surface area contributed by atoms with E-state index in [1.807, 2.05) is 13.8 Å². The van der Waals surface area contributed by atoms with Gasteiger partial charge in [-0.1, -0.05) is 41.0 Å². The van der Waals surface area contributed by atoms with Crippen molar-refractivity contribution in [1.29, 1.82) is 0 Å². The summed E-state index contributed by atoms with van der Waals surface area (Å²) in [6, 6.07) is 0. The first kappa shape index (κ1) is 23.7. The highest BCUT2D eigenvalue weighted by Crippen LogP contribution is 2.76. The standard InChI is InChI=1S/C30H52O2/c1-25(2)15-9-16-27(5)22(25)13-18-29(7)23(27)11-10-20-21(12-17-28(20,29)6)30(8)19-14-24(32-30)26(3,4)31/h20-24,31H,9-19H2,1-8H3. The Balaban J connectivity index is 1.44. The van der Waals surface area contributed by atoms with Crippen LogP contribution < -0.4 is 0 Å². The minimum absolute atomic E-state index is 0.00916. The third-order valence-corrected chi connectivity index (χ3v) is 13.0. The number of hydrogen-bond donors (Lipinski definition) is 1. The number of rotatable bonds is 2. The molecule has 1 aliphatic heterocycles. The maximum absolute atomic E-state index is 10.6. The Morgan fingerprint density at radius 2 is 1.38 bits per heavy atom. The maximum Gasteiger partial charge on any atom is 0.0865 e. The molecule has 0 bridgehead atoms. The molecule has 0 spiro atoms. The summed E-state index contributed by atoms with van der Waals surface area (Å²) in [6.07, 6.45) is 14.8. The van der Waals surface area contributed by atoms with E-state index >= 15 is 0 Å². The van der Waals surface area contributed by atoms with Gasteiger partial charge in [0.15, 0.2) is 0 Å². The third kappa shape index (κ3) is 3.03. The highest BCUT2D eigenvalue weighted by atomic mass is 16.5. The normalized spacial score (nSPS) is 55.2. The van der Waals surface area contributed by atoms with Gasteiger partial charge < -0.3 is 9.84 Å². The van der Waals surface area contributed by atoms with Gasteiger partial charge in [0.1, 0.15) is 0 Å². The van der Waals surface area contributed by atoms with Crippen LogP contribution in [0.1, 0.15) is 126 Å². The van der Waals surface area contributed by atoms with E-state index in [9.17, 15) is 5.11 Å². The molecule has 2 nitrogen and oxygen atoms in total. The predicted octanol–water partition coefficient (Wildman–Crippen LogP) is 7.77. The number of aliphatic hydroxyl groups is 1. The fraction of sp³-hybridized carbons (Fsp3) is 1.00. The van der Waals surface area contributed by atoms with Gasteiger partial charge in [-0.05, 0) is 130 Å². The fourth-order valence-corrected chi connectivity index (χ4v) is 11.2. The molecule has 5 fully saturated rings. The summed E-state index contributed by atoms with van der Waals surface area (Å²) in [5.74, 6) is 3.23. The zero-order chi connectivity index (χ0) is 23.4. The first-order valence-corrected chi connectivity index (χ1v) is 14.1. The molecule has 1 heterocycles. The molecule has 1 N–H and O–H groups in total. The molecule has 0 radical (unpaired) electrons. The first-order chi connectivity index (χ1) is 14.7. The zero-order valence-corrected chi connectivity index (χ0v) is 22.5. The van der Waals surface area contributed by atoms with Crippen molar-refractivity contribution in [3.8, 4) is 0 Å². The first-order valence-electron chi connectivity index (χ1n) is 14.1. The molecule has 2 heteroatoms. The quantitative estimate of drug-likeness (QED) is 0.471. The lowest BCUT2D eigenvalue weighted by Crippen LogP contribution is -2.62. The summed E-state index contributed by atoms with van der Waals surface area (Å²) in [4.78, 5) is 0. The number of hydrogen-bond acceptors (Lipinski definition) is 2. The smallest absolute Gasteiger partial charge is 0.0865 e. The van der Waals surface area contributed by atoms with E-state index in [0.29, 0.717) is 27.6 Å². The van der Waals surface area contributed by atoms with Crippen LogP contribution in [-0.2, 0) is 4.74 Å². The van der Waals surface area contributed by atoms with Crippen molar-refractivity contribution in [2.75, 3.05) is 0 Å². The van der Waals surface area contributed by atoms with Gasteiger partial charge in [0.2, 0.25) is 0 Å². The van der Waals surface area contributed by atoms with Crippen LogP contribution >= 0.6 is 0 Å². The van der Waals surface area contributed by atoms with Gasteiger partial charge in [0.25, 0.3) is 0 Å². The van der Waals surface area contributed by atoms with E-state index in [1.54, 1.807) is 0 Å². The second-order valence-corrected chi connectivity index (χ2v) is 15.3. The minimum Gasteiger partial charge on any atom is -0.388 e. The summed E-state index contributed by atoms with van der Waals surface area (Å²) in [7, 11) is 0. The topological polar surface area (TPSA) is 29.5 Å². The average molecular weight is 445 g/mol. The molecule has 32 heavy (non-hydrogen) atoms. The van der Waals surface area contributed by atoms with Crippen molar-refractivity contribution in [3.63, 3.8) is 0 Å². The van der Waals surface area contributed by atoms with Crippen LogP contribution in [0.3, 0.4) is 0 Å². The molecule has 0 aromatic heterocycles. The molecule has 4 saturated carbocycles. The Labute approximate surface area is 198 Å². The van der Waals surface area contributed by atoms with Crippen LogP contribution in [0.15, 0.2) is 0 Å². The van der Waals surface area contributed by atoms with Gasteiger partial charge in [0.05, 0.1) is 17.3 Å². The van der Waals surface area contributed by atoms with Crippen molar-refractivity contribution in [1.82, 2.24) is 0 Å². The largest absolute Gasteiger partial charge is 0.388 e. The van der Waals surface area contributed by atoms with Crippen molar-refractivity contribution in [2.24, 2.45) is 45.3 Å². The highest BCUT2D eigenvalue weighted by Gasteiger charge is 2.69. The lowest BCUT2D eigenvalue weighted by molar-refractivity contribution is -0.211. The van der Waals surface area contributed by atoms with Crippen molar-refractivity contribution in [3.05, 3.63) is 0 Å². The van der Waals surface area contributed by atoms with Gasteiger partial charge >= 0.3 is 0 Å². The van der Waals surface area contributed by atoms with E-state index in [1.165, 1.54) is 57.8 Å². The second kappa shape index (κ2) is 6.99. The monoisotopic (exact) mass is 444 g/mol. The minimum atomic E-state index is -0.732. The van der Waals surface area contributed by atoms with Crippen LogP contribution in [0.4, 0.5) is 0 Å². The molecule has 4 aliphatic carbocycles. The molecular weight excluding hydrogens is 392 g/mol. The lowest BCUT2D eigenvalue weighted by atomic mass is 9.35. The summed E-state index contributed by atoms with van der Waals surface area (Å²) < 4.78 is 6.74. The third-order valence-electron chi connectivity index (χ3n) is 13.0. The molecule has 5 rings (SSSR count). The van der Waals surface area contributed by atoms with Gasteiger partial charge in [-0.25, -0.2) is 0 Å². The summed E-state index contributed by atoms with van der Waals surface area (Å²) in [5.41, 5.74) is 1.17. The zero-order valence-electron chi connectivity index (χ0n) is 22.5. The van der Waals surface area contributed by atoms with Crippen molar-refractivity contribution < 1.29 is 9.84 Å². The maximum atomic E-state index is 10.6. The molecule has 0 aromatic carbocycles. The summed E-state index contributed by atoms with van der Waals surface area (Å²) in [5, 5.41) is 10.6. The number of ether oxygens (including phenoxy) is 1. The van der Waals surface area contributed by atoms with E-state index < -0.39 is 5.60 Å². The molecule has 0 aromatic rings. The van der Waals surface area contributed by atoms with Crippen LogP contribution in [0.5, 0.6) is 0 Å². The van der Waals surface area contributed by atoms with Crippen LogP contribution in [0.25, 0.3) is 0 Å². The summed E-state index contributed by atoms with van der Waals surface area (Å²) >= 11 is 0. The lowest BCUT2D eigenvalue weighted by Gasteiger charge is -2.69. The van der Waals surface area contributed by atoms with Gasteiger partial charge in [-0.2, -0.15) is 0 Å². The average Bonchev–Trinajstić information content (AvgIpc) is 3.23. The fourth-order valence-electron chi connectivity index (χ4n) is 11.2. The SMILES string of the molecule is CC(C)(O)C1CCC(C)(C2CCC3(C)C2CCC2C4(C)CCCC(C)(C)C4CCC23C)O1. The predicted molar refractivity (Wildman–Crippen MR) is 132 cm³/mol. The van der Waals surface area contributed by atoms with Gasteiger partial charge in [-0.15, -0.1) is 0 Å². The molecule has 1 saturated heterocycles. The van der Waals surface area contributed by atoms with E-state index in [0.717, 1.165) is 30.6 Å². The molecule has 0 amide bonds. The van der Waals surface area contributed by atoms with E-state index in [4.69, 9.17) is 4.74 Å². The molecule has 5 aliphatic rings. The van der Waals surface area contributed by atoms with Crippen LogP contribution in [0, 0.1) is 45.3 Å². The molecular formula is C30H52O2. The number of fused-ring (bicyclic) bond motifs is 5. The van der Waals surface area contributed by atoms with Gasteiger partial charge in [0, 0.05) is 0 Å². The Bertz CT molecular complexity index is 750. The van der Waals surface area contributed by atoms with Crippen LogP contribution in [-0.4, -0.2) is 22.4 Å². The Morgan fingerprint density at radius 3 is 2.03 bits per heavy atom. The molecule has 184 valence electrons. The van der Waals surface area contributed by atoms with Crippen LogP contribution in [0.2, 0.25) is 0 Å². The van der Waals surface area contributed by atoms with E-state index in [2.05, 4.69) is 41.5 Å². The molecule has 9 unspecified atom stereocenters. The summed E-state index contributed by atoms with van der Waals surface area (Å²) in [6.45, 7) is 19.6. The Hall–Kier alpha value is -0.0800. The van der Waals surface area contributed by atoms with Crippen molar-refractivity contribution >= 4 is 0 Å². The van der Waals surface area contributed by atoms with E-state index in [-0.39, 0.29) is 11.7 Å².